The number of nitrogens with zero attached hydrogens (tertiary/aromatic N) is 2. The van der Waals surface area contributed by atoms with Crippen molar-refractivity contribution in [3.05, 3.63) is 23.8 Å². The molecule has 0 rings (SSSR count). The van der Waals surface area contributed by atoms with Gasteiger partial charge in [-0.1, -0.05) is 19.1 Å². The topological polar surface area (TPSA) is 15.6 Å². The SMILES string of the molecule is C/C=C(\C=C/C=NC)[C@@H](C)CCCN(C)C. The van der Waals surface area contributed by atoms with Crippen LogP contribution in [-0.4, -0.2) is 38.8 Å². The van der Waals surface area contributed by atoms with Gasteiger partial charge < -0.3 is 4.90 Å². The standard InChI is InChI=1S/C14H26N2/c1-6-14(10-7-11-15-3)13(2)9-8-12-16(4)5/h6-7,10-11,13H,8-9,12H2,1-5H3/b10-7-,14-6+,15-11?/t13-/m0/s1. The van der Waals surface area contributed by atoms with E-state index in [-0.39, 0.29) is 0 Å². The van der Waals surface area contributed by atoms with Gasteiger partial charge in [0.2, 0.25) is 0 Å². The van der Waals surface area contributed by atoms with E-state index in [9.17, 15) is 0 Å². The number of rotatable bonds is 7. The van der Waals surface area contributed by atoms with Crippen LogP contribution in [0.1, 0.15) is 26.7 Å². The van der Waals surface area contributed by atoms with Crippen LogP contribution in [-0.2, 0) is 0 Å². The molecule has 0 N–H and O–H groups in total. The fourth-order valence-corrected chi connectivity index (χ4v) is 1.67. The summed E-state index contributed by atoms with van der Waals surface area (Å²) in [5.74, 6) is 0.631. The van der Waals surface area contributed by atoms with Crippen molar-refractivity contribution in [2.75, 3.05) is 27.7 Å². The highest BCUT2D eigenvalue weighted by molar-refractivity contribution is 5.71. The van der Waals surface area contributed by atoms with Crippen LogP contribution >= 0.6 is 0 Å². The zero-order valence-electron chi connectivity index (χ0n) is 11.4. The van der Waals surface area contributed by atoms with Gasteiger partial charge in [0.1, 0.15) is 0 Å². The maximum absolute atomic E-state index is 3.94. The van der Waals surface area contributed by atoms with Gasteiger partial charge in [-0.3, -0.25) is 4.99 Å². The Hall–Kier alpha value is -0.890. The molecule has 0 aliphatic rings. The third-order valence-corrected chi connectivity index (χ3v) is 2.67. The van der Waals surface area contributed by atoms with Gasteiger partial charge in [0, 0.05) is 13.3 Å². The fraction of sp³-hybridized carbons (Fsp3) is 0.643. The Bertz CT molecular complexity index is 249. The summed E-state index contributed by atoms with van der Waals surface area (Å²) >= 11 is 0. The zero-order valence-corrected chi connectivity index (χ0v) is 11.4. The quantitative estimate of drug-likeness (QED) is 0.477. The molecule has 2 nitrogen and oxygen atoms in total. The highest BCUT2D eigenvalue weighted by Crippen LogP contribution is 2.17. The Morgan fingerprint density at radius 3 is 2.56 bits per heavy atom. The monoisotopic (exact) mass is 222 g/mol. The molecule has 0 aromatic heterocycles. The van der Waals surface area contributed by atoms with Gasteiger partial charge in [0.15, 0.2) is 0 Å². The van der Waals surface area contributed by atoms with Gasteiger partial charge in [-0.25, -0.2) is 0 Å². The predicted octanol–water partition coefficient (Wildman–Crippen LogP) is 3.17. The minimum Gasteiger partial charge on any atom is -0.309 e. The molecule has 0 bridgehead atoms. The van der Waals surface area contributed by atoms with Gasteiger partial charge in [-0.2, -0.15) is 0 Å². The summed E-state index contributed by atoms with van der Waals surface area (Å²) in [6, 6.07) is 0. The fourth-order valence-electron chi connectivity index (χ4n) is 1.67. The van der Waals surface area contributed by atoms with Gasteiger partial charge in [0.25, 0.3) is 0 Å². The minimum atomic E-state index is 0.631. The number of hydrogen-bond donors (Lipinski definition) is 0. The smallest absolute Gasteiger partial charge is 0.0277 e. The van der Waals surface area contributed by atoms with Gasteiger partial charge in [-0.15, -0.1) is 0 Å². The molecular weight excluding hydrogens is 196 g/mol. The normalized spacial score (nSPS) is 15.5. The van der Waals surface area contributed by atoms with E-state index in [1.165, 1.54) is 25.0 Å². The van der Waals surface area contributed by atoms with Crippen LogP contribution in [0.15, 0.2) is 28.8 Å². The summed E-state index contributed by atoms with van der Waals surface area (Å²) in [6.45, 7) is 5.56. The summed E-state index contributed by atoms with van der Waals surface area (Å²) < 4.78 is 0. The molecule has 0 unspecified atom stereocenters. The lowest BCUT2D eigenvalue weighted by Crippen LogP contribution is -2.14. The Kier molecular flexibility index (Phi) is 8.82. The summed E-state index contributed by atoms with van der Waals surface area (Å²) in [6.07, 6.45) is 10.7. The summed E-state index contributed by atoms with van der Waals surface area (Å²) in [7, 11) is 6.04. The van der Waals surface area contributed by atoms with Crippen molar-refractivity contribution in [3.63, 3.8) is 0 Å². The minimum absolute atomic E-state index is 0.631. The summed E-state index contributed by atoms with van der Waals surface area (Å²) in [5.41, 5.74) is 1.40. The average molecular weight is 222 g/mol. The molecule has 0 aromatic rings. The van der Waals surface area contributed by atoms with E-state index in [1.807, 2.05) is 12.3 Å². The maximum Gasteiger partial charge on any atom is 0.0277 e. The second-order valence-electron chi connectivity index (χ2n) is 4.40. The average Bonchev–Trinajstić information content (AvgIpc) is 2.23. The molecule has 0 aliphatic heterocycles. The Morgan fingerprint density at radius 1 is 1.38 bits per heavy atom. The predicted molar refractivity (Wildman–Crippen MR) is 74.3 cm³/mol. The molecule has 0 aliphatic carbocycles. The molecule has 0 radical (unpaired) electrons. The van der Waals surface area contributed by atoms with Crippen molar-refractivity contribution in [3.8, 4) is 0 Å². The molecule has 0 saturated carbocycles. The van der Waals surface area contributed by atoms with Crippen LogP contribution in [0.3, 0.4) is 0 Å². The lowest BCUT2D eigenvalue weighted by Gasteiger charge is -2.14. The molecule has 0 heterocycles. The van der Waals surface area contributed by atoms with E-state index in [2.05, 4.69) is 50.0 Å². The highest BCUT2D eigenvalue weighted by Gasteiger charge is 2.04. The van der Waals surface area contributed by atoms with Crippen molar-refractivity contribution in [1.29, 1.82) is 0 Å². The third kappa shape index (κ3) is 7.41. The Balaban J connectivity index is 4.07. The maximum atomic E-state index is 3.94. The van der Waals surface area contributed by atoms with E-state index in [1.54, 1.807) is 7.05 Å². The van der Waals surface area contributed by atoms with Crippen molar-refractivity contribution in [2.24, 2.45) is 10.9 Å². The van der Waals surface area contributed by atoms with E-state index in [0.29, 0.717) is 5.92 Å². The molecule has 1 atom stereocenters. The van der Waals surface area contributed by atoms with Crippen molar-refractivity contribution in [2.45, 2.75) is 26.7 Å². The number of hydrogen-bond acceptors (Lipinski definition) is 2. The molecule has 0 fully saturated rings. The van der Waals surface area contributed by atoms with Crippen LogP contribution in [0.25, 0.3) is 0 Å². The van der Waals surface area contributed by atoms with E-state index in [0.717, 1.165) is 0 Å². The van der Waals surface area contributed by atoms with Crippen molar-refractivity contribution >= 4 is 6.21 Å². The first kappa shape index (κ1) is 15.1. The van der Waals surface area contributed by atoms with Crippen LogP contribution < -0.4 is 0 Å². The second-order valence-corrected chi connectivity index (χ2v) is 4.40. The molecule has 0 saturated heterocycles. The third-order valence-electron chi connectivity index (χ3n) is 2.67. The van der Waals surface area contributed by atoms with Crippen molar-refractivity contribution < 1.29 is 0 Å². The van der Waals surface area contributed by atoms with Crippen molar-refractivity contribution in [1.82, 2.24) is 4.90 Å². The van der Waals surface area contributed by atoms with Crippen LogP contribution in [0.4, 0.5) is 0 Å². The second kappa shape index (κ2) is 9.34. The first-order valence-corrected chi connectivity index (χ1v) is 6.01. The summed E-state index contributed by atoms with van der Waals surface area (Å²) in [4.78, 5) is 6.18. The lowest BCUT2D eigenvalue weighted by molar-refractivity contribution is 0.382. The molecule has 0 amide bonds. The Morgan fingerprint density at radius 2 is 2.06 bits per heavy atom. The van der Waals surface area contributed by atoms with Gasteiger partial charge >= 0.3 is 0 Å². The largest absolute Gasteiger partial charge is 0.309 e. The molecular formula is C14H26N2. The van der Waals surface area contributed by atoms with Gasteiger partial charge in [0.05, 0.1) is 0 Å². The molecule has 0 aromatic carbocycles. The van der Waals surface area contributed by atoms with Crippen LogP contribution in [0.5, 0.6) is 0 Å². The van der Waals surface area contributed by atoms with Gasteiger partial charge in [-0.05, 0) is 58.0 Å². The first-order chi connectivity index (χ1) is 7.61. The van der Waals surface area contributed by atoms with E-state index >= 15 is 0 Å². The first-order valence-electron chi connectivity index (χ1n) is 6.01. The van der Waals surface area contributed by atoms with E-state index < -0.39 is 0 Å². The Labute approximate surface area is 101 Å². The molecule has 92 valence electrons. The van der Waals surface area contributed by atoms with Crippen LogP contribution in [0.2, 0.25) is 0 Å². The summed E-state index contributed by atoms with van der Waals surface area (Å²) in [5, 5.41) is 0. The molecule has 16 heavy (non-hydrogen) atoms. The number of aliphatic imine (C=N–C) groups is 1. The van der Waals surface area contributed by atoms with Crippen LogP contribution in [0, 0.1) is 5.92 Å². The molecule has 2 heteroatoms. The number of allylic oxidation sites excluding steroid dienone is 4. The molecule has 0 spiro atoms. The highest BCUT2D eigenvalue weighted by atomic mass is 15.0. The van der Waals surface area contributed by atoms with E-state index in [4.69, 9.17) is 0 Å². The zero-order chi connectivity index (χ0) is 12.4. The lowest BCUT2D eigenvalue weighted by atomic mass is 9.95.